The van der Waals surface area contributed by atoms with E-state index in [9.17, 15) is 45.6 Å². The van der Waals surface area contributed by atoms with E-state index in [1.54, 1.807) is 6.08 Å². The molecule has 0 spiro atoms. The van der Waals surface area contributed by atoms with Gasteiger partial charge in [0, 0.05) is 6.42 Å². The highest BCUT2D eigenvalue weighted by Gasteiger charge is 2.51. The van der Waals surface area contributed by atoms with Gasteiger partial charge < -0.3 is 65.1 Å². The molecule has 0 saturated carbocycles. The van der Waals surface area contributed by atoms with Gasteiger partial charge in [0.25, 0.3) is 0 Å². The van der Waals surface area contributed by atoms with E-state index in [1.807, 2.05) is 6.08 Å². The first-order valence-corrected chi connectivity index (χ1v) is 33.4. The third kappa shape index (κ3) is 37.2. The predicted molar refractivity (Wildman–Crippen MR) is 327 cm³/mol. The van der Waals surface area contributed by atoms with Crippen LogP contribution < -0.4 is 5.32 Å². The molecule has 0 radical (unpaired) electrons. The van der Waals surface area contributed by atoms with E-state index in [1.165, 1.54) is 193 Å². The molecule has 0 aromatic heterocycles. The summed E-state index contributed by atoms with van der Waals surface area (Å²) in [5.41, 5.74) is 0. The quantitative estimate of drug-likeness (QED) is 0.0204. The Labute approximate surface area is 493 Å². The minimum atomic E-state index is -1.79. The summed E-state index contributed by atoms with van der Waals surface area (Å²) in [6.45, 7) is 2.79. The van der Waals surface area contributed by atoms with Crippen molar-refractivity contribution in [1.29, 1.82) is 0 Å². The monoisotopic (exact) mass is 1150 g/mol. The van der Waals surface area contributed by atoms with Gasteiger partial charge >= 0.3 is 0 Å². The zero-order valence-corrected chi connectivity index (χ0v) is 51.3. The summed E-state index contributed by atoms with van der Waals surface area (Å²) >= 11 is 0. The van der Waals surface area contributed by atoms with E-state index >= 15 is 0 Å². The Kier molecular flexibility index (Phi) is 48.5. The second-order valence-electron chi connectivity index (χ2n) is 23.6. The lowest BCUT2D eigenvalue weighted by atomic mass is 9.97. The molecule has 14 nitrogen and oxygen atoms in total. The fraction of sp³-hybridized carbons (Fsp3) is 0.866. The van der Waals surface area contributed by atoms with Gasteiger partial charge in [-0.2, -0.15) is 0 Å². The van der Waals surface area contributed by atoms with Crippen molar-refractivity contribution in [3.63, 3.8) is 0 Å². The third-order valence-corrected chi connectivity index (χ3v) is 16.2. The van der Waals surface area contributed by atoms with Crippen molar-refractivity contribution in [2.24, 2.45) is 0 Å². The third-order valence-electron chi connectivity index (χ3n) is 16.2. The number of unbranched alkanes of at least 4 members (excludes halogenated alkanes) is 35. The first-order valence-electron chi connectivity index (χ1n) is 33.4. The van der Waals surface area contributed by atoms with E-state index in [4.69, 9.17) is 18.9 Å². The van der Waals surface area contributed by atoms with E-state index in [0.717, 1.165) is 51.4 Å². The number of carbonyl (C=O) groups is 1. The molecule has 2 rings (SSSR count). The smallest absolute Gasteiger partial charge is 0.220 e. The molecule has 474 valence electrons. The van der Waals surface area contributed by atoms with Crippen LogP contribution in [0.25, 0.3) is 0 Å². The molecule has 2 aliphatic heterocycles. The van der Waals surface area contributed by atoms with E-state index in [0.29, 0.717) is 12.8 Å². The fourth-order valence-corrected chi connectivity index (χ4v) is 10.8. The Morgan fingerprint density at radius 3 is 1.21 bits per heavy atom. The first kappa shape index (κ1) is 75.0. The van der Waals surface area contributed by atoms with Crippen molar-refractivity contribution in [3.8, 4) is 0 Å². The Balaban J connectivity index is 1.72. The summed E-state index contributed by atoms with van der Waals surface area (Å²) in [7, 11) is 0. The molecule has 12 unspecified atom stereocenters. The summed E-state index contributed by atoms with van der Waals surface area (Å²) in [6.07, 6.45) is 50.3. The largest absolute Gasteiger partial charge is 0.394 e. The number of hydrogen-bond acceptors (Lipinski definition) is 13. The van der Waals surface area contributed by atoms with Crippen LogP contribution in [-0.4, -0.2) is 140 Å². The van der Waals surface area contributed by atoms with E-state index in [-0.39, 0.29) is 18.9 Å². The number of aliphatic hydroxyl groups is 8. The number of nitrogens with one attached hydrogen (secondary N) is 1. The molecular formula is C67H123NO13. The summed E-state index contributed by atoms with van der Waals surface area (Å²) in [5, 5.41) is 87.2. The highest BCUT2D eigenvalue weighted by molar-refractivity contribution is 5.76. The second-order valence-corrected chi connectivity index (χ2v) is 23.6. The average Bonchev–Trinajstić information content (AvgIpc) is 3.47. The molecule has 81 heavy (non-hydrogen) atoms. The molecule has 0 aromatic carbocycles. The molecule has 0 bridgehead atoms. The van der Waals surface area contributed by atoms with Crippen LogP contribution in [0.5, 0.6) is 0 Å². The number of carbonyl (C=O) groups excluding carboxylic acids is 1. The van der Waals surface area contributed by atoms with Crippen LogP contribution in [0.1, 0.15) is 277 Å². The Morgan fingerprint density at radius 1 is 0.432 bits per heavy atom. The van der Waals surface area contributed by atoms with Crippen LogP contribution in [0.15, 0.2) is 48.6 Å². The van der Waals surface area contributed by atoms with Gasteiger partial charge in [0.1, 0.15) is 48.8 Å². The molecule has 2 saturated heterocycles. The van der Waals surface area contributed by atoms with Gasteiger partial charge in [-0.05, 0) is 70.6 Å². The molecule has 12 atom stereocenters. The van der Waals surface area contributed by atoms with Crippen LogP contribution in [0, 0.1) is 0 Å². The van der Waals surface area contributed by atoms with Gasteiger partial charge in [-0.25, -0.2) is 0 Å². The number of allylic oxidation sites excluding steroid dienone is 7. The van der Waals surface area contributed by atoms with Crippen molar-refractivity contribution >= 4 is 5.91 Å². The molecule has 0 aromatic rings. The van der Waals surface area contributed by atoms with Crippen LogP contribution in [0.3, 0.4) is 0 Å². The van der Waals surface area contributed by atoms with Gasteiger partial charge in [0.05, 0.1) is 32.0 Å². The summed E-state index contributed by atoms with van der Waals surface area (Å²) in [6, 6.07) is -0.941. The van der Waals surface area contributed by atoms with Crippen LogP contribution in [0.4, 0.5) is 0 Å². The Hall–Kier alpha value is -2.05. The van der Waals surface area contributed by atoms with Crippen molar-refractivity contribution in [2.45, 2.75) is 351 Å². The lowest BCUT2D eigenvalue weighted by Crippen LogP contribution is -2.65. The topological polar surface area (TPSA) is 228 Å². The zero-order valence-electron chi connectivity index (χ0n) is 51.3. The van der Waals surface area contributed by atoms with Crippen molar-refractivity contribution in [2.75, 3.05) is 19.8 Å². The molecule has 2 fully saturated rings. The molecule has 14 heteroatoms. The number of amides is 1. The Morgan fingerprint density at radius 2 is 0.790 bits per heavy atom. The van der Waals surface area contributed by atoms with E-state index < -0.39 is 86.8 Å². The predicted octanol–water partition coefficient (Wildman–Crippen LogP) is 12.7. The number of hydrogen-bond donors (Lipinski definition) is 9. The summed E-state index contributed by atoms with van der Waals surface area (Å²) < 4.78 is 22.8. The van der Waals surface area contributed by atoms with Gasteiger partial charge in [0.2, 0.25) is 5.91 Å². The van der Waals surface area contributed by atoms with Gasteiger partial charge in [-0.3, -0.25) is 4.79 Å². The average molecular weight is 1150 g/mol. The van der Waals surface area contributed by atoms with Gasteiger partial charge in [-0.1, -0.05) is 249 Å². The van der Waals surface area contributed by atoms with Gasteiger partial charge in [0.15, 0.2) is 12.6 Å². The highest BCUT2D eigenvalue weighted by atomic mass is 16.7. The first-order chi connectivity index (χ1) is 39.6. The zero-order chi connectivity index (χ0) is 58.8. The molecule has 2 aliphatic rings. The fourth-order valence-electron chi connectivity index (χ4n) is 10.8. The molecule has 1 amide bonds. The maximum absolute atomic E-state index is 13.3. The standard InChI is InChI=1S/C67H123NO13/c1-3-5-7-9-11-13-15-17-19-21-22-23-24-25-26-27-28-29-30-31-32-33-35-36-38-40-42-44-46-48-50-56(71)55(68-59(72)51-49-47-45-43-41-39-37-34-20-18-16-14-12-10-8-6-4-2)54-78-66-64(77)62(75)65(58(53-70)80-66)81-67-63(76)61(74)60(73)57(52-69)79-67/h18,20,33,35,40,42,48,50,55-58,60-67,69-71,73-77H,3-17,19,21-32,34,36-39,41,43-47,49,51-54H2,1-2H3,(H,68,72)/b20-18-,35-33+,42-40+,50-48+. The van der Waals surface area contributed by atoms with Crippen LogP contribution in [-0.2, 0) is 23.7 Å². The second kappa shape index (κ2) is 52.3. The number of ether oxygens (including phenoxy) is 4. The lowest BCUT2D eigenvalue weighted by molar-refractivity contribution is -0.359. The normalized spacial score (nSPS) is 24.4. The molecule has 9 N–H and O–H groups in total. The molecular weight excluding hydrogens is 1030 g/mol. The molecule has 2 heterocycles. The minimum absolute atomic E-state index is 0.257. The van der Waals surface area contributed by atoms with Crippen molar-refractivity contribution < 1.29 is 64.6 Å². The maximum atomic E-state index is 13.3. The maximum Gasteiger partial charge on any atom is 0.220 e. The number of aliphatic hydroxyl groups excluding tert-OH is 8. The van der Waals surface area contributed by atoms with Crippen molar-refractivity contribution in [1.82, 2.24) is 5.32 Å². The van der Waals surface area contributed by atoms with Crippen LogP contribution >= 0.6 is 0 Å². The Bertz CT molecular complexity index is 1540. The summed E-state index contributed by atoms with van der Waals surface area (Å²) in [4.78, 5) is 13.3. The van der Waals surface area contributed by atoms with Crippen LogP contribution in [0.2, 0.25) is 0 Å². The molecule has 0 aliphatic carbocycles. The SMILES string of the molecule is CCCCCCCC/C=C\CCCCCCCCCC(=O)NC(COC1OC(CO)C(OC2OC(CO)C(O)C(O)C2O)C(O)C1O)C(O)/C=C/CC/C=C/CC/C=C/CCCCCCCCCCCCCCCCCCCCCC. The lowest BCUT2D eigenvalue weighted by Gasteiger charge is -2.46. The highest BCUT2D eigenvalue weighted by Crippen LogP contribution is 2.30. The van der Waals surface area contributed by atoms with Crippen molar-refractivity contribution in [3.05, 3.63) is 48.6 Å². The summed E-state index contributed by atoms with van der Waals surface area (Å²) in [5.74, 6) is -0.257. The number of rotatable bonds is 54. The minimum Gasteiger partial charge on any atom is -0.394 e. The van der Waals surface area contributed by atoms with Gasteiger partial charge in [-0.15, -0.1) is 0 Å². The van der Waals surface area contributed by atoms with E-state index in [2.05, 4.69) is 55.6 Å².